The molecule has 3 atom stereocenters. The van der Waals surface area contributed by atoms with Gasteiger partial charge in [0, 0.05) is 17.5 Å². The van der Waals surface area contributed by atoms with Gasteiger partial charge in [-0.1, -0.05) is 30.3 Å². The molecule has 6 heteroatoms. The van der Waals surface area contributed by atoms with Gasteiger partial charge < -0.3 is 44.1 Å². The molecule has 2 aromatic rings. The zero-order valence-corrected chi connectivity index (χ0v) is 18.2. The molecule has 2 aromatic carbocycles. The Morgan fingerprint density at radius 1 is 0.929 bits per heavy atom. The zero-order chi connectivity index (χ0) is 17.9. The van der Waals surface area contributed by atoms with Gasteiger partial charge >= 0.3 is 0 Å². The maximum absolute atomic E-state index is 5.51. The van der Waals surface area contributed by atoms with Gasteiger partial charge in [0.15, 0.2) is 11.5 Å². The van der Waals surface area contributed by atoms with Crippen molar-refractivity contribution in [2.24, 2.45) is 0 Å². The van der Waals surface area contributed by atoms with Crippen LogP contribution in [0.1, 0.15) is 23.1 Å². The Bertz CT molecular complexity index is 758. The van der Waals surface area contributed by atoms with Crippen molar-refractivity contribution < 1.29 is 44.1 Å². The van der Waals surface area contributed by atoms with Crippen LogP contribution in [0, 0.1) is 0 Å². The smallest absolute Gasteiger partial charge is 0.161 e. The van der Waals surface area contributed by atoms with Crippen LogP contribution in [0.5, 0.6) is 11.5 Å². The van der Waals surface area contributed by atoms with E-state index in [2.05, 4.69) is 42.5 Å². The third kappa shape index (κ3) is 4.93. The molecule has 0 radical (unpaired) electrons. The molecule has 0 saturated carbocycles. The van der Waals surface area contributed by atoms with Gasteiger partial charge in [0.05, 0.1) is 33.7 Å². The highest BCUT2D eigenvalue weighted by Crippen LogP contribution is 2.31. The molecule has 1 saturated heterocycles. The number of benzene rings is 2. The Balaban J connectivity index is 0.00000140. The molecule has 154 valence electrons. The third-order valence-corrected chi connectivity index (χ3v) is 6.09. The largest absolute Gasteiger partial charge is 1.00 e. The number of likely N-dealkylation sites (tertiary alicyclic amines) is 1. The van der Waals surface area contributed by atoms with E-state index >= 15 is 0 Å². The highest BCUT2D eigenvalue weighted by molar-refractivity contribution is 5.47. The molecule has 0 spiro atoms. The third-order valence-electron chi connectivity index (χ3n) is 6.09. The van der Waals surface area contributed by atoms with Crippen molar-refractivity contribution in [2.75, 3.05) is 33.9 Å². The van der Waals surface area contributed by atoms with Gasteiger partial charge in [-0.3, -0.25) is 0 Å². The first-order valence-electron chi connectivity index (χ1n) is 9.72. The van der Waals surface area contributed by atoms with Crippen LogP contribution in [0.4, 0.5) is 0 Å². The summed E-state index contributed by atoms with van der Waals surface area (Å²) in [6.45, 7) is 6.08. The van der Waals surface area contributed by atoms with Gasteiger partial charge in [-0.2, -0.15) is 0 Å². The van der Waals surface area contributed by atoms with E-state index in [1.807, 2.05) is 0 Å². The van der Waals surface area contributed by atoms with E-state index in [1.54, 1.807) is 24.0 Å². The van der Waals surface area contributed by atoms with Gasteiger partial charge in [-0.25, -0.2) is 0 Å². The molecule has 0 bridgehead atoms. The molecular formula is C22H30Cl2N2O2. The van der Waals surface area contributed by atoms with Crippen molar-refractivity contribution in [3.8, 4) is 11.5 Å². The Labute approximate surface area is 180 Å². The quantitative estimate of drug-likeness (QED) is 0.501. The molecule has 2 heterocycles. The number of nitrogens with one attached hydrogen (secondary N) is 2. The predicted molar refractivity (Wildman–Crippen MR) is 102 cm³/mol. The SMILES string of the molecule is COc1cc2c(cc1OC)C[NH+](C1CC[NH+](Cc3ccccc3)C1)CC2.[Cl-].[Cl-]. The number of hydrogen-bond donors (Lipinski definition) is 2. The van der Waals surface area contributed by atoms with Crippen LogP contribution in [0.25, 0.3) is 0 Å². The van der Waals surface area contributed by atoms with E-state index in [-0.39, 0.29) is 24.8 Å². The minimum atomic E-state index is 0. The number of hydrogen-bond acceptors (Lipinski definition) is 2. The monoisotopic (exact) mass is 424 g/mol. The second kappa shape index (κ2) is 10.4. The van der Waals surface area contributed by atoms with Crippen molar-refractivity contribution in [2.45, 2.75) is 32.0 Å². The lowest BCUT2D eigenvalue weighted by Crippen LogP contribution is -3.19. The molecule has 0 aromatic heterocycles. The highest BCUT2D eigenvalue weighted by atomic mass is 35.5. The van der Waals surface area contributed by atoms with Crippen LogP contribution in [-0.2, 0) is 19.5 Å². The summed E-state index contributed by atoms with van der Waals surface area (Å²) < 4.78 is 11.0. The minimum absolute atomic E-state index is 0. The Kier molecular flexibility index (Phi) is 8.44. The Morgan fingerprint density at radius 2 is 1.61 bits per heavy atom. The molecule has 28 heavy (non-hydrogen) atoms. The van der Waals surface area contributed by atoms with Gasteiger partial charge in [-0.05, 0) is 17.7 Å². The molecule has 3 unspecified atom stereocenters. The fourth-order valence-corrected chi connectivity index (χ4v) is 4.66. The summed E-state index contributed by atoms with van der Waals surface area (Å²) in [7, 11) is 3.44. The first-order valence-corrected chi connectivity index (χ1v) is 9.72. The van der Waals surface area contributed by atoms with E-state index < -0.39 is 0 Å². The Hall–Kier alpha value is -1.46. The number of halogens is 2. The number of fused-ring (bicyclic) bond motifs is 1. The lowest BCUT2D eigenvalue weighted by Gasteiger charge is -2.30. The molecule has 4 rings (SSSR count). The maximum atomic E-state index is 5.51. The topological polar surface area (TPSA) is 27.3 Å². The fraction of sp³-hybridized carbons (Fsp3) is 0.455. The summed E-state index contributed by atoms with van der Waals surface area (Å²) in [6, 6.07) is 16.0. The van der Waals surface area contributed by atoms with Crippen LogP contribution in [0.3, 0.4) is 0 Å². The number of quaternary nitrogens is 2. The van der Waals surface area contributed by atoms with Crippen LogP contribution in [0.2, 0.25) is 0 Å². The average molecular weight is 425 g/mol. The second-order valence-corrected chi connectivity index (χ2v) is 7.66. The van der Waals surface area contributed by atoms with Crippen molar-refractivity contribution in [3.63, 3.8) is 0 Å². The van der Waals surface area contributed by atoms with Crippen molar-refractivity contribution >= 4 is 0 Å². The van der Waals surface area contributed by atoms with Gasteiger partial charge in [0.2, 0.25) is 0 Å². The number of ether oxygens (including phenoxy) is 2. The molecule has 0 aliphatic carbocycles. The highest BCUT2D eigenvalue weighted by Gasteiger charge is 2.36. The molecule has 2 N–H and O–H groups in total. The summed E-state index contributed by atoms with van der Waals surface area (Å²) in [5, 5.41) is 0. The molecule has 2 aliphatic rings. The summed E-state index contributed by atoms with van der Waals surface area (Å²) in [4.78, 5) is 3.47. The van der Waals surface area contributed by atoms with Crippen LogP contribution < -0.4 is 44.1 Å². The fourth-order valence-electron chi connectivity index (χ4n) is 4.66. The number of rotatable bonds is 5. The lowest BCUT2D eigenvalue weighted by atomic mass is 9.97. The molecule has 2 aliphatic heterocycles. The molecular weight excluding hydrogens is 395 g/mol. The standard InChI is InChI=1S/C22H28N2O2.2ClH/c1-25-21-12-18-8-11-24(15-19(18)13-22(21)26-2)20-9-10-23(16-20)14-17-6-4-3-5-7-17;;/h3-7,12-13,20H,8-11,14-16H2,1-2H3;2*1H. The van der Waals surface area contributed by atoms with Gasteiger partial charge in [0.1, 0.15) is 25.7 Å². The van der Waals surface area contributed by atoms with E-state index in [0.717, 1.165) is 37.1 Å². The van der Waals surface area contributed by atoms with Crippen LogP contribution in [-0.4, -0.2) is 39.9 Å². The molecule has 0 amide bonds. The summed E-state index contributed by atoms with van der Waals surface area (Å²) in [5.74, 6) is 1.71. The van der Waals surface area contributed by atoms with Gasteiger partial charge in [-0.15, -0.1) is 0 Å². The van der Waals surface area contributed by atoms with E-state index in [0.29, 0.717) is 0 Å². The predicted octanol–water partition coefficient (Wildman–Crippen LogP) is -5.49. The van der Waals surface area contributed by atoms with Crippen molar-refractivity contribution in [1.29, 1.82) is 0 Å². The average Bonchev–Trinajstić information content (AvgIpc) is 3.15. The second-order valence-electron chi connectivity index (χ2n) is 7.66. The minimum Gasteiger partial charge on any atom is -1.00 e. The lowest BCUT2D eigenvalue weighted by molar-refractivity contribution is -0.968. The van der Waals surface area contributed by atoms with E-state index in [1.165, 1.54) is 42.7 Å². The van der Waals surface area contributed by atoms with E-state index in [4.69, 9.17) is 9.47 Å². The Morgan fingerprint density at radius 3 is 2.29 bits per heavy atom. The first-order chi connectivity index (χ1) is 12.8. The summed E-state index contributed by atoms with van der Waals surface area (Å²) >= 11 is 0. The number of methoxy groups -OCH3 is 2. The van der Waals surface area contributed by atoms with Crippen molar-refractivity contribution in [1.82, 2.24) is 0 Å². The van der Waals surface area contributed by atoms with Crippen LogP contribution in [0.15, 0.2) is 42.5 Å². The molecule has 4 nitrogen and oxygen atoms in total. The van der Waals surface area contributed by atoms with Crippen LogP contribution >= 0.6 is 0 Å². The van der Waals surface area contributed by atoms with Crippen molar-refractivity contribution in [3.05, 3.63) is 59.2 Å². The summed E-state index contributed by atoms with van der Waals surface area (Å²) in [5.41, 5.74) is 4.32. The van der Waals surface area contributed by atoms with Gasteiger partial charge in [0.25, 0.3) is 0 Å². The summed E-state index contributed by atoms with van der Waals surface area (Å²) in [6.07, 6.45) is 2.47. The maximum Gasteiger partial charge on any atom is 0.161 e. The molecule has 1 fully saturated rings. The zero-order valence-electron chi connectivity index (χ0n) is 16.6. The van der Waals surface area contributed by atoms with E-state index in [9.17, 15) is 0 Å². The first kappa shape index (κ1) is 22.8. The normalized spacial score (nSPS) is 23.1.